The van der Waals surface area contributed by atoms with Gasteiger partial charge in [-0.2, -0.15) is 0 Å². The number of aromatic nitrogens is 1. The molecule has 4 nitrogen and oxygen atoms in total. The van der Waals surface area contributed by atoms with Crippen molar-refractivity contribution in [1.29, 1.82) is 0 Å². The van der Waals surface area contributed by atoms with E-state index in [-0.39, 0.29) is 5.78 Å². The van der Waals surface area contributed by atoms with Crippen LogP contribution in [0.2, 0.25) is 0 Å². The van der Waals surface area contributed by atoms with Gasteiger partial charge in [0.15, 0.2) is 5.78 Å². The van der Waals surface area contributed by atoms with Gasteiger partial charge >= 0.3 is 0 Å². The van der Waals surface area contributed by atoms with E-state index in [9.17, 15) is 4.79 Å². The van der Waals surface area contributed by atoms with Gasteiger partial charge in [0, 0.05) is 48.8 Å². The number of hydrogen-bond donors (Lipinski definition) is 1. The van der Waals surface area contributed by atoms with Gasteiger partial charge in [0.25, 0.3) is 0 Å². The van der Waals surface area contributed by atoms with E-state index < -0.39 is 0 Å². The standard InChI is InChI=1S/C15H19N3O/c1-17-6-8-18(9-7-17)11-15(19)13-10-16-14-5-3-2-4-12(13)14/h2-5,10,16H,6-9,11H2,1H3. The summed E-state index contributed by atoms with van der Waals surface area (Å²) in [6.45, 7) is 4.56. The zero-order chi connectivity index (χ0) is 13.2. The van der Waals surface area contributed by atoms with Gasteiger partial charge in [-0.3, -0.25) is 9.69 Å². The number of piperazine rings is 1. The van der Waals surface area contributed by atoms with Crippen molar-refractivity contribution in [2.75, 3.05) is 39.8 Å². The number of nitrogens with one attached hydrogen (secondary N) is 1. The SMILES string of the molecule is CN1CCN(CC(=O)c2c[nH]c3ccccc23)CC1. The third-order valence-corrected chi connectivity index (χ3v) is 3.85. The maximum atomic E-state index is 12.4. The molecule has 2 aromatic rings. The second-order valence-corrected chi connectivity index (χ2v) is 5.25. The minimum atomic E-state index is 0.210. The highest BCUT2D eigenvalue weighted by atomic mass is 16.1. The maximum absolute atomic E-state index is 12.4. The number of carbonyl (C=O) groups is 1. The van der Waals surface area contributed by atoms with E-state index in [1.165, 1.54) is 0 Å². The molecule has 1 aromatic heterocycles. The Kier molecular flexibility index (Phi) is 3.36. The topological polar surface area (TPSA) is 39.3 Å². The molecule has 0 saturated carbocycles. The number of ketones is 1. The second kappa shape index (κ2) is 5.15. The highest BCUT2D eigenvalue weighted by molar-refractivity contribution is 6.08. The number of benzene rings is 1. The first-order chi connectivity index (χ1) is 9.24. The van der Waals surface area contributed by atoms with Gasteiger partial charge in [-0.15, -0.1) is 0 Å². The summed E-state index contributed by atoms with van der Waals surface area (Å²) in [6, 6.07) is 7.96. The Morgan fingerprint density at radius 3 is 2.74 bits per heavy atom. The number of H-pyrrole nitrogens is 1. The van der Waals surface area contributed by atoms with Crippen LogP contribution in [0.3, 0.4) is 0 Å². The van der Waals surface area contributed by atoms with Gasteiger partial charge in [0.1, 0.15) is 0 Å². The second-order valence-electron chi connectivity index (χ2n) is 5.25. The number of hydrogen-bond acceptors (Lipinski definition) is 3. The smallest absolute Gasteiger partial charge is 0.178 e. The van der Waals surface area contributed by atoms with Crippen LogP contribution in [0.1, 0.15) is 10.4 Å². The highest BCUT2D eigenvalue weighted by Crippen LogP contribution is 2.18. The van der Waals surface area contributed by atoms with Gasteiger partial charge < -0.3 is 9.88 Å². The first kappa shape index (κ1) is 12.4. The molecule has 19 heavy (non-hydrogen) atoms. The van der Waals surface area contributed by atoms with Gasteiger partial charge in [-0.25, -0.2) is 0 Å². The molecule has 1 fully saturated rings. The maximum Gasteiger partial charge on any atom is 0.178 e. The number of fused-ring (bicyclic) bond motifs is 1. The van der Waals surface area contributed by atoms with E-state index in [1.54, 1.807) is 0 Å². The number of likely N-dealkylation sites (N-methyl/N-ethyl adjacent to an activating group) is 1. The Morgan fingerprint density at radius 1 is 1.21 bits per heavy atom. The monoisotopic (exact) mass is 257 g/mol. The summed E-state index contributed by atoms with van der Waals surface area (Å²) in [5.41, 5.74) is 1.85. The molecule has 0 aliphatic carbocycles. The molecule has 1 saturated heterocycles. The van der Waals surface area contributed by atoms with Crippen molar-refractivity contribution in [2.24, 2.45) is 0 Å². The molecule has 100 valence electrons. The summed E-state index contributed by atoms with van der Waals surface area (Å²) in [6.07, 6.45) is 1.84. The molecule has 0 atom stereocenters. The number of Topliss-reactive ketones (excluding diaryl/α,β-unsaturated/α-hetero) is 1. The average molecular weight is 257 g/mol. The third kappa shape index (κ3) is 2.55. The zero-order valence-corrected chi connectivity index (χ0v) is 11.2. The number of aromatic amines is 1. The quantitative estimate of drug-likeness (QED) is 0.849. The largest absolute Gasteiger partial charge is 0.360 e. The van der Waals surface area contributed by atoms with Crippen molar-refractivity contribution in [3.63, 3.8) is 0 Å². The van der Waals surface area contributed by atoms with Crippen LogP contribution >= 0.6 is 0 Å². The highest BCUT2D eigenvalue weighted by Gasteiger charge is 2.19. The van der Waals surface area contributed by atoms with Crippen LogP contribution in [0.15, 0.2) is 30.5 Å². The van der Waals surface area contributed by atoms with Gasteiger partial charge in [-0.05, 0) is 13.1 Å². The van der Waals surface area contributed by atoms with Gasteiger partial charge in [0.05, 0.1) is 6.54 Å². The zero-order valence-electron chi connectivity index (χ0n) is 11.2. The fourth-order valence-electron chi connectivity index (χ4n) is 2.60. The minimum Gasteiger partial charge on any atom is -0.360 e. The molecule has 0 bridgehead atoms. The summed E-state index contributed by atoms with van der Waals surface area (Å²) in [4.78, 5) is 20.1. The fraction of sp³-hybridized carbons (Fsp3) is 0.400. The summed E-state index contributed by atoms with van der Waals surface area (Å²) < 4.78 is 0. The molecule has 1 N–H and O–H groups in total. The molecule has 1 aliphatic heterocycles. The van der Waals surface area contributed by atoms with Crippen LogP contribution in [-0.4, -0.2) is 60.3 Å². The molecular formula is C15H19N3O. The Morgan fingerprint density at radius 2 is 1.95 bits per heavy atom. The summed E-state index contributed by atoms with van der Waals surface area (Å²) in [5, 5.41) is 1.03. The van der Waals surface area contributed by atoms with Crippen LogP contribution in [0.25, 0.3) is 10.9 Å². The molecule has 3 rings (SSSR count). The number of para-hydroxylation sites is 1. The Balaban J connectivity index is 1.73. The molecule has 0 unspecified atom stereocenters. The Hall–Kier alpha value is -1.65. The van der Waals surface area contributed by atoms with Crippen molar-refractivity contribution < 1.29 is 4.79 Å². The molecule has 0 radical (unpaired) electrons. The lowest BCUT2D eigenvalue weighted by molar-refractivity contribution is 0.0878. The summed E-state index contributed by atoms with van der Waals surface area (Å²) in [7, 11) is 2.12. The van der Waals surface area contributed by atoms with E-state index in [4.69, 9.17) is 0 Å². The number of nitrogens with zero attached hydrogens (tertiary/aromatic N) is 2. The van der Waals surface area contributed by atoms with Crippen LogP contribution in [0.4, 0.5) is 0 Å². The Labute approximate surface area is 113 Å². The first-order valence-corrected chi connectivity index (χ1v) is 6.74. The molecule has 0 amide bonds. The van der Waals surface area contributed by atoms with Crippen molar-refractivity contribution in [2.45, 2.75) is 0 Å². The van der Waals surface area contributed by atoms with E-state index in [0.29, 0.717) is 6.54 Å². The van der Waals surface area contributed by atoms with Crippen LogP contribution in [0.5, 0.6) is 0 Å². The first-order valence-electron chi connectivity index (χ1n) is 6.74. The average Bonchev–Trinajstić information content (AvgIpc) is 2.85. The number of rotatable bonds is 3. The van der Waals surface area contributed by atoms with Crippen LogP contribution < -0.4 is 0 Å². The minimum absolute atomic E-state index is 0.210. The molecule has 1 aliphatic rings. The molecular weight excluding hydrogens is 238 g/mol. The van der Waals surface area contributed by atoms with Crippen molar-refractivity contribution in [3.8, 4) is 0 Å². The molecule has 1 aromatic carbocycles. The van der Waals surface area contributed by atoms with Crippen LogP contribution in [-0.2, 0) is 0 Å². The normalized spacial score (nSPS) is 17.9. The van der Waals surface area contributed by atoms with E-state index in [2.05, 4.69) is 21.8 Å². The van der Waals surface area contributed by atoms with Crippen LogP contribution in [0, 0.1) is 0 Å². The number of carbonyl (C=O) groups excluding carboxylic acids is 1. The summed E-state index contributed by atoms with van der Waals surface area (Å²) >= 11 is 0. The summed E-state index contributed by atoms with van der Waals surface area (Å²) in [5.74, 6) is 0.210. The predicted octanol–water partition coefficient (Wildman–Crippen LogP) is 1.60. The molecule has 2 heterocycles. The van der Waals surface area contributed by atoms with E-state index in [0.717, 1.165) is 42.6 Å². The predicted molar refractivity (Wildman–Crippen MR) is 76.6 cm³/mol. The Bertz CT molecular complexity index is 582. The van der Waals surface area contributed by atoms with Crippen molar-refractivity contribution in [3.05, 3.63) is 36.0 Å². The fourth-order valence-corrected chi connectivity index (χ4v) is 2.60. The third-order valence-electron chi connectivity index (χ3n) is 3.85. The van der Waals surface area contributed by atoms with E-state index >= 15 is 0 Å². The lowest BCUT2D eigenvalue weighted by atomic mass is 10.1. The van der Waals surface area contributed by atoms with E-state index in [1.807, 2.05) is 30.5 Å². The molecule has 0 spiro atoms. The van der Waals surface area contributed by atoms with Crippen molar-refractivity contribution >= 4 is 16.7 Å². The lowest BCUT2D eigenvalue weighted by Crippen LogP contribution is -2.46. The van der Waals surface area contributed by atoms with Gasteiger partial charge in [0.2, 0.25) is 0 Å². The lowest BCUT2D eigenvalue weighted by Gasteiger charge is -2.31. The van der Waals surface area contributed by atoms with Crippen molar-refractivity contribution in [1.82, 2.24) is 14.8 Å². The molecule has 4 heteroatoms. The van der Waals surface area contributed by atoms with Gasteiger partial charge in [-0.1, -0.05) is 18.2 Å².